The summed E-state index contributed by atoms with van der Waals surface area (Å²) in [6, 6.07) is 13.8. The van der Waals surface area contributed by atoms with Gasteiger partial charge in [0.2, 0.25) is 0 Å². The summed E-state index contributed by atoms with van der Waals surface area (Å²) in [6.45, 7) is 2.14. The van der Waals surface area contributed by atoms with E-state index in [1.807, 2.05) is 30.3 Å². The maximum absolute atomic E-state index is 6.40. The van der Waals surface area contributed by atoms with Crippen molar-refractivity contribution in [1.82, 2.24) is 0 Å². The van der Waals surface area contributed by atoms with Crippen LogP contribution < -0.4 is 15.2 Å². The summed E-state index contributed by atoms with van der Waals surface area (Å²) in [5.41, 5.74) is 9.69. The van der Waals surface area contributed by atoms with Crippen LogP contribution in [-0.2, 0) is 6.42 Å². The molecule has 0 bridgehead atoms. The van der Waals surface area contributed by atoms with E-state index in [0.717, 1.165) is 29.0 Å². The molecule has 0 aliphatic rings. The van der Waals surface area contributed by atoms with Crippen molar-refractivity contribution >= 4 is 0 Å². The van der Waals surface area contributed by atoms with Gasteiger partial charge in [-0.05, 0) is 35.7 Å². The monoisotopic (exact) mass is 271 g/mol. The van der Waals surface area contributed by atoms with E-state index in [4.69, 9.17) is 15.2 Å². The number of aryl methyl sites for hydroxylation is 1. The average Bonchev–Trinajstić information content (AvgIpc) is 2.53. The molecule has 0 heterocycles. The van der Waals surface area contributed by atoms with Crippen LogP contribution in [0.2, 0.25) is 0 Å². The predicted octanol–water partition coefficient (Wildman–Crippen LogP) is 3.31. The van der Waals surface area contributed by atoms with Crippen LogP contribution in [0.4, 0.5) is 0 Å². The summed E-state index contributed by atoms with van der Waals surface area (Å²) in [4.78, 5) is 0. The second-order valence-corrected chi connectivity index (χ2v) is 4.68. The minimum absolute atomic E-state index is 0.230. The fourth-order valence-corrected chi connectivity index (χ4v) is 2.27. The van der Waals surface area contributed by atoms with Crippen molar-refractivity contribution in [3.8, 4) is 11.5 Å². The van der Waals surface area contributed by atoms with Gasteiger partial charge >= 0.3 is 0 Å². The lowest BCUT2D eigenvalue weighted by molar-refractivity contribution is 0.397. The van der Waals surface area contributed by atoms with Gasteiger partial charge in [-0.15, -0.1) is 0 Å². The number of rotatable bonds is 5. The normalized spacial score (nSPS) is 12.0. The molecular weight excluding hydrogens is 250 g/mol. The van der Waals surface area contributed by atoms with Gasteiger partial charge in [-0.2, -0.15) is 0 Å². The Labute approximate surface area is 120 Å². The topological polar surface area (TPSA) is 44.5 Å². The maximum atomic E-state index is 6.40. The third-order valence-corrected chi connectivity index (χ3v) is 3.49. The van der Waals surface area contributed by atoms with Gasteiger partial charge in [0.1, 0.15) is 11.5 Å². The number of hydrogen-bond donors (Lipinski definition) is 1. The predicted molar refractivity (Wildman–Crippen MR) is 81.4 cm³/mol. The van der Waals surface area contributed by atoms with E-state index in [-0.39, 0.29) is 6.04 Å². The molecule has 0 saturated heterocycles. The molecule has 2 aromatic rings. The Morgan fingerprint density at radius 3 is 2.50 bits per heavy atom. The Balaban J connectivity index is 2.42. The molecule has 2 rings (SSSR count). The Morgan fingerprint density at radius 1 is 1.05 bits per heavy atom. The van der Waals surface area contributed by atoms with Crippen LogP contribution in [0.25, 0.3) is 0 Å². The zero-order chi connectivity index (χ0) is 14.5. The fraction of sp³-hybridized carbons (Fsp3) is 0.294. The Hall–Kier alpha value is -2.00. The first-order chi connectivity index (χ1) is 9.69. The van der Waals surface area contributed by atoms with Gasteiger partial charge in [0.15, 0.2) is 0 Å². The molecule has 0 aliphatic heterocycles. The molecule has 1 unspecified atom stereocenters. The summed E-state index contributed by atoms with van der Waals surface area (Å²) in [5.74, 6) is 1.56. The summed E-state index contributed by atoms with van der Waals surface area (Å²) in [5, 5.41) is 0. The quantitative estimate of drug-likeness (QED) is 0.907. The summed E-state index contributed by atoms with van der Waals surface area (Å²) in [6.07, 6.45) is 0.996. The van der Waals surface area contributed by atoms with Crippen molar-refractivity contribution in [1.29, 1.82) is 0 Å². The molecule has 20 heavy (non-hydrogen) atoms. The van der Waals surface area contributed by atoms with Crippen molar-refractivity contribution in [2.24, 2.45) is 5.73 Å². The zero-order valence-corrected chi connectivity index (χ0v) is 12.2. The van der Waals surface area contributed by atoms with Gasteiger partial charge in [0.05, 0.1) is 20.3 Å². The first-order valence-electron chi connectivity index (χ1n) is 6.76. The lowest BCUT2D eigenvalue weighted by atomic mass is 9.96. The molecule has 0 amide bonds. The SMILES string of the molecule is CCc1cccc(C(N)c2cc(OC)ccc2OC)c1. The van der Waals surface area contributed by atoms with Crippen LogP contribution >= 0.6 is 0 Å². The van der Waals surface area contributed by atoms with Crippen molar-refractivity contribution in [3.05, 3.63) is 59.2 Å². The largest absolute Gasteiger partial charge is 0.497 e. The first-order valence-corrected chi connectivity index (χ1v) is 6.76. The van der Waals surface area contributed by atoms with E-state index in [2.05, 4.69) is 19.1 Å². The fourth-order valence-electron chi connectivity index (χ4n) is 2.27. The van der Waals surface area contributed by atoms with Gasteiger partial charge < -0.3 is 15.2 Å². The average molecular weight is 271 g/mol. The molecule has 0 radical (unpaired) electrons. The van der Waals surface area contributed by atoms with Crippen LogP contribution in [0.5, 0.6) is 11.5 Å². The van der Waals surface area contributed by atoms with Crippen molar-refractivity contribution < 1.29 is 9.47 Å². The highest BCUT2D eigenvalue weighted by atomic mass is 16.5. The second kappa shape index (κ2) is 6.44. The molecule has 0 aromatic heterocycles. The molecular formula is C17H21NO2. The smallest absolute Gasteiger partial charge is 0.124 e. The maximum Gasteiger partial charge on any atom is 0.124 e. The molecule has 2 aromatic carbocycles. The molecule has 0 fully saturated rings. The molecule has 0 saturated carbocycles. The van der Waals surface area contributed by atoms with E-state index in [1.54, 1.807) is 14.2 Å². The van der Waals surface area contributed by atoms with Crippen LogP contribution in [0.3, 0.4) is 0 Å². The highest BCUT2D eigenvalue weighted by Gasteiger charge is 2.15. The van der Waals surface area contributed by atoms with Crippen molar-refractivity contribution in [2.45, 2.75) is 19.4 Å². The minimum Gasteiger partial charge on any atom is -0.497 e. The first kappa shape index (κ1) is 14.4. The van der Waals surface area contributed by atoms with Gasteiger partial charge in [0, 0.05) is 5.56 Å². The van der Waals surface area contributed by atoms with E-state index >= 15 is 0 Å². The molecule has 3 nitrogen and oxygen atoms in total. The molecule has 0 aliphatic carbocycles. The molecule has 106 valence electrons. The highest BCUT2D eigenvalue weighted by molar-refractivity contribution is 5.46. The third-order valence-electron chi connectivity index (χ3n) is 3.49. The summed E-state index contributed by atoms with van der Waals surface area (Å²) in [7, 11) is 3.30. The Morgan fingerprint density at radius 2 is 1.85 bits per heavy atom. The molecule has 0 spiro atoms. The molecule has 1 atom stereocenters. The van der Waals surface area contributed by atoms with Crippen LogP contribution in [0.1, 0.15) is 29.7 Å². The molecule has 3 heteroatoms. The van der Waals surface area contributed by atoms with E-state index in [1.165, 1.54) is 5.56 Å². The van der Waals surface area contributed by atoms with Crippen molar-refractivity contribution in [2.75, 3.05) is 14.2 Å². The lowest BCUT2D eigenvalue weighted by Gasteiger charge is -2.17. The Bertz CT molecular complexity index is 581. The van der Waals surface area contributed by atoms with Crippen LogP contribution in [0.15, 0.2) is 42.5 Å². The number of methoxy groups -OCH3 is 2. The van der Waals surface area contributed by atoms with Crippen LogP contribution in [-0.4, -0.2) is 14.2 Å². The standard InChI is InChI=1S/C17H21NO2/c1-4-12-6-5-7-13(10-12)17(18)15-11-14(19-2)8-9-16(15)20-3/h5-11,17H,4,18H2,1-3H3. The van der Waals surface area contributed by atoms with Gasteiger partial charge in [0.25, 0.3) is 0 Å². The Kier molecular flexibility index (Phi) is 4.64. The zero-order valence-electron chi connectivity index (χ0n) is 12.2. The van der Waals surface area contributed by atoms with E-state index < -0.39 is 0 Å². The number of ether oxygens (including phenoxy) is 2. The van der Waals surface area contributed by atoms with Gasteiger partial charge in [-0.1, -0.05) is 31.2 Å². The second-order valence-electron chi connectivity index (χ2n) is 4.68. The van der Waals surface area contributed by atoms with E-state index in [0.29, 0.717) is 0 Å². The number of benzene rings is 2. The number of nitrogens with two attached hydrogens (primary N) is 1. The third kappa shape index (κ3) is 2.94. The summed E-state index contributed by atoms with van der Waals surface area (Å²) >= 11 is 0. The van der Waals surface area contributed by atoms with Gasteiger partial charge in [-0.3, -0.25) is 0 Å². The van der Waals surface area contributed by atoms with Crippen LogP contribution in [0, 0.1) is 0 Å². The minimum atomic E-state index is -0.230. The van der Waals surface area contributed by atoms with E-state index in [9.17, 15) is 0 Å². The van der Waals surface area contributed by atoms with Crippen molar-refractivity contribution in [3.63, 3.8) is 0 Å². The summed E-state index contributed by atoms with van der Waals surface area (Å²) < 4.78 is 10.7. The molecule has 2 N–H and O–H groups in total. The van der Waals surface area contributed by atoms with Gasteiger partial charge in [-0.25, -0.2) is 0 Å². The lowest BCUT2D eigenvalue weighted by Crippen LogP contribution is -2.13. The number of hydrogen-bond acceptors (Lipinski definition) is 3. The highest BCUT2D eigenvalue weighted by Crippen LogP contribution is 2.31.